The summed E-state index contributed by atoms with van der Waals surface area (Å²) in [4.78, 5) is 24.5. The molecule has 0 saturated heterocycles. The quantitative estimate of drug-likeness (QED) is 0.0321. The number of unbranched alkanes of at least 4 members (excludes halogenated alkanes) is 36. The van der Waals surface area contributed by atoms with Crippen LogP contribution in [-0.2, 0) is 14.3 Å². The zero-order valence-corrected chi connectivity index (χ0v) is 41.6. The Morgan fingerprint density at radius 2 is 0.758 bits per heavy atom. The zero-order valence-electron chi connectivity index (χ0n) is 41.6. The molecule has 3 N–H and O–H groups in total. The Hall–Kier alpha value is -1.66. The molecule has 2 atom stereocenters. The second-order valence-electron chi connectivity index (χ2n) is 18.9. The third-order valence-electron chi connectivity index (χ3n) is 12.7. The number of hydrogen-bond acceptors (Lipinski definition) is 5. The Morgan fingerprint density at radius 3 is 1.15 bits per heavy atom. The number of ether oxygens (including phenoxy) is 1. The van der Waals surface area contributed by atoms with E-state index in [4.69, 9.17) is 4.74 Å². The van der Waals surface area contributed by atoms with Crippen LogP contribution in [0.1, 0.15) is 296 Å². The number of hydrogen-bond donors (Lipinski definition) is 3. The molecule has 0 spiro atoms. The van der Waals surface area contributed by atoms with Gasteiger partial charge in [0.15, 0.2) is 0 Å². The van der Waals surface area contributed by atoms with Crippen molar-refractivity contribution in [3.05, 3.63) is 24.3 Å². The lowest BCUT2D eigenvalue weighted by Crippen LogP contribution is -2.45. The summed E-state index contributed by atoms with van der Waals surface area (Å²) in [6.07, 6.45) is 61.6. The Kier molecular flexibility index (Phi) is 50.6. The number of nitrogens with one attached hydrogen (secondary N) is 1. The number of esters is 1. The summed E-state index contributed by atoms with van der Waals surface area (Å²) in [5.41, 5.74) is 0. The number of aliphatic hydroxyl groups is 2. The molecule has 0 radical (unpaired) electrons. The highest BCUT2D eigenvalue weighted by Gasteiger charge is 2.20. The molecule has 0 aromatic heterocycles. The molecule has 2 unspecified atom stereocenters. The van der Waals surface area contributed by atoms with E-state index in [1.165, 1.54) is 205 Å². The van der Waals surface area contributed by atoms with Crippen LogP contribution in [0, 0.1) is 0 Å². The van der Waals surface area contributed by atoms with Gasteiger partial charge >= 0.3 is 5.97 Å². The summed E-state index contributed by atoms with van der Waals surface area (Å²) in [6, 6.07) is -0.550. The van der Waals surface area contributed by atoms with Gasteiger partial charge in [-0.15, -0.1) is 0 Å². The highest BCUT2D eigenvalue weighted by atomic mass is 16.5. The van der Waals surface area contributed by atoms with Gasteiger partial charge in [-0.2, -0.15) is 0 Å². The molecule has 0 aliphatic carbocycles. The molecule has 6 heteroatoms. The Morgan fingerprint density at radius 1 is 0.435 bits per heavy atom. The van der Waals surface area contributed by atoms with Crippen molar-refractivity contribution >= 4 is 11.9 Å². The predicted octanol–water partition coefficient (Wildman–Crippen LogP) is 16.7. The molecule has 0 aromatic rings. The van der Waals surface area contributed by atoms with Crippen molar-refractivity contribution in [2.45, 2.75) is 309 Å². The van der Waals surface area contributed by atoms with Crippen LogP contribution in [0.4, 0.5) is 0 Å². The van der Waals surface area contributed by atoms with E-state index < -0.39 is 12.1 Å². The van der Waals surface area contributed by atoms with E-state index in [9.17, 15) is 19.8 Å². The van der Waals surface area contributed by atoms with Crippen molar-refractivity contribution in [1.29, 1.82) is 0 Å². The van der Waals surface area contributed by atoms with E-state index in [0.717, 1.165) is 57.8 Å². The first-order valence-corrected chi connectivity index (χ1v) is 27.6. The summed E-state index contributed by atoms with van der Waals surface area (Å²) < 4.78 is 5.47. The van der Waals surface area contributed by atoms with E-state index in [1.807, 2.05) is 0 Å². The molecule has 6 nitrogen and oxygen atoms in total. The summed E-state index contributed by atoms with van der Waals surface area (Å²) in [6.45, 7) is 4.92. The van der Waals surface area contributed by atoms with Crippen LogP contribution < -0.4 is 5.32 Å². The van der Waals surface area contributed by atoms with E-state index in [-0.39, 0.29) is 18.5 Å². The van der Waals surface area contributed by atoms with Crippen molar-refractivity contribution in [3.8, 4) is 0 Å². The van der Waals surface area contributed by atoms with Gasteiger partial charge in [-0.3, -0.25) is 9.59 Å². The molecule has 0 fully saturated rings. The molecule has 0 aliphatic rings. The Balaban J connectivity index is 3.43. The van der Waals surface area contributed by atoms with E-state index in [2.05, 4.69) is 43.5 Å². The number of carbonyl (C=O) groups excluding carboxylic acids is 2. The van der Waals surface area contributed by atoms with Crippen molar-refractivity contribution in [3.63, 3.8) is 0 Å². The monoisotopic (exact) mass is 874 g/mol. The minimum absolute atomic E-state index is 0.00455. The molecule has 62 heavy (non-hydrogen) atoms. The number of amides is 1. The average Bonchev–Trinajstić information content (AvgIpc) is 3.27. The first-order valence-electron chi connectivity index (χ1n) is 27.6. The highest BCUT2D eigenvalue weighted by Crippen LogP contribution is 2.16. The third kappa shape index (κ3) is 47.8. The second-order valence-corrected chi connectivity index (χ2v) is 18.9. The molecule has 0 heterocycles. The fourth-order valence-electron chi connectivity index (χ4n) is 8.45. The van der Waals surface area contributed by atoms with Gasteiger partial charge < -0.3 is 20.3 Å². The SMILES string of the molecule is CCCCCCCCC/C=C\CCCCCCCC(=O)OCCCCCCCCCCC/C=C\CCCCCCCC(=O)NC(CO)C(O)CCCCCCCCCCCCC. The maximum atomic E-state index is 12.4. The number of carbonyl (C=O) groups is 2. The van der Waals surface area contributed by atoms with Gasteiger partial charge in [-0.05, 0) is 77.0 Å². The van der Waals surface area contributed by atoms with Gasteiger partial charge in [0.25, 0.3) is 0 Å². The van der Waals surface area contributed by atoms with Crippen molar-refractivity contribution in [2.24, 2.45) is 0 Å². The Bertz CT molecular complexity index is 966. The van der Waals surface area contributed by atoms with Gasteiger partial charge in [-0.1, -0.05) is 231 Å². The highest BCUT2D eigenvalue weighted by molar-refractivity contribution is 5.76. The van der Waals surface area contributed by atoms with Crippen molar-refractivity contribution in [2.75, 3.05) is 13.2 Å². The first-order chi connectivity index (χ1) is 30.5. The lowest BCUT2D eigenvalue weighted by molar-refractivity contribution is -0.143. The lowest BCUT2D eigenvalue weighted by atomic mass is 10.0. The minimum Gasteiger partial charge on any atom is -0.466 e. The van der Waals surface area contributed by atoms with E-state index in [1.54, 1.807) is 0 Å². The van der Waals surface area contributed by atoms with Gasteiger partial charge in [0.1, 0.15) is 0 Å². The molecular weight excluding hydrogens is 767 g/mol. The molecular formula is C56H107NO5. The smallest absolute Gasteiger partial charge is 0.305 e. The third-order valence-corrected chi connectivity index (χ3v) is 12.7. The van der Waals surface area contributed by atoms with E-state index in [0.29, 0.717) is 25.9 Å². The molecule has 0 aliphatic heterocycles. The average molecular weight is 874 g/mol. The van der Waals surface area contributed by atoms with Gasteiger partial charge in [0, 0.05) is 12.8 Å². The molecule has 0 rings (SSSR count). The molecule has 366 valence electrons. The number of rotatable bonds is 51. The van der Waals surface area contributed by atoms with Gasteiger partial charge in [0.2, 0.25) is 5.91 Å². The van der Waals surface area contributed by atoms with Gasteiger partial charge in [-0.25, -0.2) is 0 Å². The van der Waals surface area contributed by atoms with Crippen molar-refractivity contribution < 1.29 is 24.5 Å². The predicted molar refractivity (Wildman–Crippen MR) is 269 cm³/mol. The van der Waals surface area contributed by atoms with Crippen LogP contribution in [-0.4, -0.2) is 47.4 Å². The number of allylic oxidation sites excluding steroid dienone is 4. The normalized spacial score (nSPS) is 12.8. The fourth-order valence-corrected chi connectivity index (χ4v) is 8.45. The van der Waals surface area contributed by atoms with Gasteiger partial charge in [0.05, 0.1) is 25.4 Å². The van der Waals surface area contributed by atoms with Crippen LogP contribution >= 0.6 is 0 Å². The van der Waals surface area contributed by atoms with Crippen LogP contribution in [0.15, 0.2) is 24.3 Å². The van der Waals surface area contributed by atoms with Crippen LogP contribution in [0.2, 0.25) is 0 Å². The fraction of sp³-hybridized carbons (Fsp3) is 0.893. The summed E-state index contributed by atoms with van der Waals surface area (Å²) in [7, 11) is 0. The van der Waals surface area contributed by atoms with Crippen LogP contribution in [0.25, 0.3) is 0 Å². The maximum Gasteiger partial charge on any atom is 0.305 e. The van der Waals surface area contributed by atoms with E-state index >= 15 is 0 Å². The van der Waals surface area contributed by atoms with Crippen LogP contribution in [0.5, 0.6) is 0 Å². The molecule has 0 aromatic carbocycles. The standard InChI is InChI=1S/C56H107NO5/c1-3-5-7-9-11-13-15-16-17-23-26-30-34-38-42-46-50-56(61)62-51-47-43-39-35-31-27-24-21-19-18-20-22-25-29-33-37-41-45-49-55(60)57-53(52-58)54(59)48-44-40-36-32-28-14-12-10-8-6-4-2/h17,20,22-23,53-54,58-59H,3-16,18-19,21,24-52H2,1-2H3,(H,57,60)/b22-20-,23-17-. The molecule has 0 bridgehead atoms. The number of aliphatic hydroxyl groups excluding tert-OH is 2. The van der Waals surface area contributed by atoms with Crippen LogP contribution in [0.3, 0.4) is 0 Å². The first kappa shape index (κ1) is 60.3. The topological polar surface area (TPSA) is 95.9 Å². The second kappa shape index (κ2) is 52.0. The maximum absolute atomic E-state index is 12.4. The lowest BCUT2D eigenvalue weighted by Gasteiger charge is -2.22. The minimum atomic E-state index is -0.671. The summed E-state index contributed by atoms with van der Waals surface area (Å²) in [5.74, 6) is -0.0550. The summed E-state index contributed by atoms with van der Waals surface area (Å²) in [5, 5.41) is 23.1. The van der Waals surface area contributed by atoms with Crippen molar-refractivity contribution in [1.82, 2.24) is 5.32 Å². The largest absolute Gasteiger partial charge is 0.466 e. The molecule has 0 saturated carbocycles. The zero-order chi connectivity index (χ0) is 45.1. The summed E-state index contributed by atoms with van der Waals surface area (Å²) >= 11 is 0. The molecule has 1 amide bonds. The Labute approximate surface area is 386 Å².